The van der Waals surface area contributed by atoms with Crippen molar-refractivity contribution in [2.45, 2.75) is 31.9 Å². The summed E-state index contributed by atoms with van der Waals surface area (Å²) in [4.78, 5) is 15.2. The second-order valence-electron chi connectivity index (χ2n) is 9.15. The maximum atomic E-state index is 15.6. The third-order valence-electron chi connectivity index (χ3n) is 7.11. The van der Waals surface area contributed by atoms with E-state index in [9.17, 15) is 18.0 Å². The van der Waals surface area contributed by atoms with Crippen molar-refractivity contribution in [3.63, 3.8) is 0 Å². The second kappa shape index (κ2) is 9.57. The lowest BCUT2D eigenvalue weighted by atomic mass is 9.97. The average molecular weight is 579 g/mol. The van der Waals surface area contributed by atoms with E-state index in [0.29, 0.717) is 12.1 Å². The van der Waals surface area contributed by atoms with Crippen molar-refractivity contribution in [1.29, 1.82) is 0 Å². The van der Waals surface area contributed by atoms with Crippen LogP contribution in [0.4, 0.5) is 37.0 Å². The lowest BCUT2D eigenvalue weighted by Crippen LogP contribution is -2.50. The number of hydrogen-bond donors (Lipinski definition) is 1. The molecule has 2 saturated heterocycles. The first-order valence-corrected chi connectivity index (χ1v) is 13.4. The number of urea groups is 1. The molecule has 1 N–H and O–H groups in total. The van der Waals surface area contributed by atoms with E-state index in [1.807, 2.05) is 0 Å². The van der Waals surface area contributed by atoms with Gasteiger partial charge in [-0.25, -0.2) is 35.9 Å². The molecule has 3 aromatic rings. The number of aromatic nitrogens is 1. The summed E-state index contributed by atoms with van der Waals surface area (Å²) in [5, 5.41) is 3.47. The lowest BCUT2D eigenvalue weighted by molar-refractivity contribution is -0.0332. The quantitative estimate of drug-likeness (QED) is 0.377. The number of nitrogens with zero attached hydrogens (tertiary/aromatic N) is 3. The Morgan fingerprint density at radius 2 is 1.74 bits per heavy atom. The van der Waals surface area contributed by atoms with Gasteiger partial charge in [-0.15, -0.1) is 10.8 Å². The fourth-order valence-electron chi connectivity index (χ4n) is 5.11. The van der Waals surface area contributed by atoms with Crippen LogP contribution in [-0.2, 0) is 8.37 Å². The van der Waals surface area contributed by atoms with E-state index in [1.54, 1.807) is 6.92 Å². The fourth-order valence-corrected chi connectivity index (χ4v) is 6.74. The van der Waals surface area contributed by atoms with E-state index in [4.69, 9.17) is 12.9 Å². The van der Waals surface area contributed by atoms with E-state index < -0.39 is 88.1 Å². The zero-order valence-corrected chi connectivity index (χ0v) is 22.0. The molecular weight excluding hydrogens is 554 g/mol. The highest BCUT2D eigenvalue weighted by Gasteiger charge is 2.63. The van der Waals surface area contributed by atoms with Crippen molar-refractivity contribution >= 4 is 33.6 Å². The molecule has 39 heavy (non-hydrogen) atoms. The first kappa shape index (κ1) is 27.6. The molecule has 2 aliphatic rings. The minimum absolute atomic E-state index is 0.0738. The van der Waals surface area contributed by atoms with Crippen molar-refractivity contribution < 1.29 is 44.0 Å². The molecule has 1 aromatic heterocycles. The van der Waals surface area contributed by atoms with Crippen molar-refractivity contribution in [2.24, 2.45) is 0 Å². The summed E-state index contributed by atoms with van der Waals surface area (Å²) >= 11 is 0. The predicted octanol–water partition coefficient (Wildman–Crippen LogP) is 5.44. The number of fused-ring (bicyclic) bond motifs is 2. The zero-order valence-electron chi connectivity index (χ0n) is 21.2. The minimum atomic E-state index is -3.45. The van der Waals surface area contributed by atoms with Crippen LogP contribution < -0.4 is 9.62 Å². The summed E-state index contributed by atoms with van der Waals surface area (Å²) < 4.78 is 108. The van der Waals surface area contributed by atoms with E-state index in [0.717, 1.165) is 9.80 Å². The second-order valence-corrected chi connectivity index (χ2v) is 11.9. The van der Waals surface area contributed by atoms with Crippen LogP contribution in [-0.4, -0.2) is 67.2 Å². The summed E-state index contributed by atoms with van der Waals surface area (Å²) in [6.07, 6.45) is 0. The number of rotatable bonds is 7. The van der Waals surface area contributed by atoms with E-state index in [1.165, 1.54) is 27.2 Å². The highest BCUT2D eigenvalue weighted by molar-refractivity contribution is 8.24. The van der Waals surface area contributed by atoms with Crippen LogP contribution in [0.5, 0.6) is 0 Å². The number of carbonyl (C=O) groups excluding carboxylic acids is 1. The van der Waals surface area contributed by atoms with Gasteiger partial charge < -0.3 is 9.42 Å². The maximum absolute atomic E-state index is 15.6. The Kier molecular flexibility index (Phi) is 6.76. The molecule has 0 aliphatic carbocycles. The Bertz CT molecular complexity index is 1430. The third kappa shape index (κ3) is 4.13. The van der Waals surface area contributed by atoms with Gasteiger partial charge >= 0.3 is 6.03 Å². The van der Waals surface area contributed by atoms with Crippen LogP contribution in [0.1, 0.15) is 12.5 Å². The van der Waals surface area contributed by atoms with Gasteiger partial charge in [-0.05, 0) is 25.5 Å². The minimum Gasteiger partial charge on any atom is -0.354 e. The molecule has 0 unspecified atom stereocenters. The van der Waals surface area contributed by atoms with Gasteiger partial charge in [0.05, 0.1) is 37.5 Å². The summed E-state index contributed by atoms with van der Waals surface area (Å²) in [5.74, 6) is -8.68. The predicted molar refractivity (Wildman–Crippen MR) is 131 cm³/mol. The number of halogens is 6. The van der Waals surface area contributed by atoms with Crippen molar-refractivity contribution in [3.05, 3.63) is 47.0 Å². The first-order chi connectivity index (χ1) is 18.4. The molecule has 2 amide bonds. The van der Waals surface area contributed by atoms with Gasteiger partial charge in [0.1, 0.15) is 35.4 Å². The largest absolute Gasteiger partial charge is 0.354 e. The van der Waals surface area contributed by atoms with Crippen molar-refractivity contribution in [3.8, 4) is 11.1 Å². The Morgan fingerprint density at radius 1 is 1.10 bits per heavy atom. The first-order valence-electron chi connectivity index (χ1n) is 11.8. The molecule has 8 nitrogen and oxygen atoms in total. The van der Waals surface area contributed by atoms with Crippen LogP contribution in [0, 0.1) is 30.2 Å². The standard InChI is InChI=1S/C24H24F6N4O4S/c1-5-39(36-3,37-4)32-16-9-33-17(24(16,29)30)10-34(23(33)35)22-19-15(38-31-22)6-11(2)21(28)20(19)18-13(26)7-12(25)8-14(18)27/h6-8,16-17,32H,5,9-10H2,1-4H3/t16-,17-/m1/s1. The SMILES string of the molecule is CCS(N[C@@H]1CN2C(=O)N(c3noc4cc(C)c(F)c(-c5c(F)cc(F)cc5F)c34)C[C@@H]2C1(F)F)(OC)OC. The van der Waals surface area contributed by atoms with Crippen LogP contribution in [0.3, 0.4) is 0 Å². The summed E-state index contributed by atoms with van der Waals surface area (Å²) in [6.45, 7) is 2.02. The molecule has 2 fully saturated rings. The Balaban J connectivity index is 1.57. The van der Waals surface area contributed by atoms with Gasteiger partial charge in [0, 0.05) is 24.2 Å². The normalized spacial score (nSPS) is 21.3. The van der Waals surface area contributed by atoms with Crippen LogP contribution in [0.25, 0.3) is 22.1 Å². The molecule has 2 aliphatic heterocycles. The summed E-state index contributed by atoms with van der Waals surface area (Å²) in [7, 11) is 0.158. The maximum Gasteiger partial charge on any atom is 0.326 e. The molecule has 0 bridgehead atoms. The lowest BCUT2D eigenvalue weighted by Gasteiger charge is -2.43. The molecule has 0 radical (unpaired) electrons. The van der Waals surface area contributed by atoms with Crippen LogP contribution in [0.2, 0.25) is 0 Å². The van der Waals surface area contributed by atoms with Gasteiger partial charge in [0.2, 0.25) is 0 Å². The number of aryl methyl sites for hydroxylation is 1. The Morgan fingerprint density at radius 3 is 2.31 bits per heavy atom. The van der Waals surface area contributed by atoms with Crippen molar-refractivity contribution in [1.82, 2.24) is 14.8 Å². The number of anilines is 1. The summed E-state index contributed by atoms with van der Waals surface area (Å²) in [6, 6.07) is -2.04. The number of benzene rings is 2. The van der Waals surface area contributed by atoms with Gasteiger partial charge in [0.25, 0.3) is 5.92 Å². The molecule has 2 aromatic carbocycles. The molecule has 15 heteroatoms. The molecule has 2 atom stereocenters. The number of carbonyl (C=O) groups is 1. The molecule has 0 saturated carbocycles. The number of nitrogens with one attached hydrogen (secondary N) is 1. The van der Waals surface area contributed by atoms with Gasteiger partial charge in [-0.1, -0.05) is 5.16 Å². The summed E-state index contributed by atoms with van der Waals surface area (Å²) in [5.41, 5.74) is -1.80. The monoisotopic (exact) mass is 578 g/mol. The van der Waals surface area contributed by atoms with Gasteiger partial charge in [0.15, 0.2) is 11.4 Å². The Hall–Kier alpha value is -3.01. The Labute approximate surface area is 220 Å². The number of hydrogen-bond acceptors (Lipinski definition) is 6. The highest BCUT2D eigenvalue weighted by Crippen LogP contribution is 2.50. The van der Waals surface area contributed by atoms with E-state index in [2.05, 4.69) is 9.88 Å². The molecule has 5 rings (SSSR count). The number of amides is 2. The fraction of sp³-hybridized carbons (Fsp3) is 0.417. The topological polar surface area (TPSA) is 80.1 Å². The molecule has 0 spiro atoms. The highest BCUT2D eigenvalue weighted by atomic mass is 32.3. The van der Waals surface area contributed by atoms with Gasteiger partial charge in [-0.2, -0.15) is 0 Å². The van der Waals surface area contributed by atoms with Gasteiger partial charge in [-0.3, -0.25) is 13.3 Å². The molecular formula is C24H24F6N4O4S. The van der Waals surface area contributed by atoms with E-state index in [-0.39, 0.29) is 22.3 Å². The van der Waals surface area contributed by atoms with Crippen LogP contribution >= 0.6 is 10.8 Å². The molecule has 3 heterocycles. The van der Waals surface area contributed by atoms with Crippen LogP contribution in [0.15, 0.2) is 22.7 Å². The van der Waals surface area contributed by atoms with Crippen molar-refractivity contribution in [2.75, 3.05) is 38.0 Å². The van der Waals surface area contributed by atoms with E-state index >= 15 is 13.2 Å². The smallest absolute Gasteiger partial charge is 0.326 e. The number of alkyl halides is 2. The third-order valence-corrected chi connectivity index (χ3v) is 9.59. The zero-order chi connectivity index (χ0) is 28.4. The average Bonchev–Trinajstić information content (AvgIpc) is 3.51. The molecule has 212 valence electrons.